The van der Waals surface area contributed by atoms with E-state index in [4.69, 9.17) is 4.74 Å². The molecule has 134 valence electrons. The third-order valence-electron chi connectivity index (χ3n) is 4.97. The predicted molar refractivity (Wildman–Crippen MR) is 102 cm³/mol. The van der Waals surface area contributed by atoms with Gasteiger partial charge in [-0.15, -0.1) is 0 Å². The van der Waals surface area contributed by atoms with Crippen molar-refractivity contribution in [2.75, 3.05) is 44.3 Å². The molecule has 0 radical (unpaired) electrons. The molecule has 3 heterocycles. The van der Waals surface area contributed by atoms with Gasteiger partial charge in [0, 0.05) is 32.4 Å². The molecule has 0 bridgehead atoms. The third-order valence-corrected chi connectivity index (χ3v) is 4.97. The molecule has 0 atom stereocenters. The minimum atomic E-state index is 0.0583. The molecule has 1 aromatic carbocycles. The Morgan fingerprint density at radius 1 is 1.00 bits per heavy atom. The summed E-state index contributed by atoms with van der Waals surface area (Å²) in [4.78, 5) is 21.6. The lowest BCUT2D eigenvalue weighted by Gasteiger charge is -2.31. The molecule has 0 spiro atoms. The molecule has 5 nitrogen and oxygen atoms in total. The van der Waals surface area contributed by atoms with Crippen LogP contribution in [0.1, 0.15) is 22.3 Å². The number of hydrogen-bond acceptors (Lipinski definition) is 4. The summed E-state index contributed by atoms with van der Waals surface area (Å²) in [6, 6.07) is 14.1. The van der Waals surface area contributed by atoms with Gasteiger partial charge in [0.15, 0.2) is 0 Å². The standard InChI is InChI=1S/C21H23N3O2/c25-21(19-7-4-10-22-20(19)23-13-15-26-16-14-23)24-11-8-18(9-12-24)17-5-2-1-3-6-17/h1-8,10H,9,11-16H2. The zero-order chi connectivity index (χ0) is 17.8. The molecule has 1 amide bonds. The summed E-state index contributed by atoms with van der Waals surface area (Å²) < 4.78 is 5.42. The Balaban J connectivity index is 1.51. The quantitative estimate of drug-likeness (QED) is 0.855. The molecule has 4 rings (SSSR count). The number of anilines is 1. The largest absolute Gasteiger partial charge is 0.378 e. The molecule has 2 aliphatic heterocycles. The average Bonchev–Trinajstić information content (AvgIpc) is 2.75. The van der Waals surface area contributed by atoms with E-state index in [1.165, 1.54) is 11.1 Å². The first-order valence-electron chi connectivity index (χ1n) is 9.14. The van der Waals surface area contributed by atoms with Gasteiger partial charge in [-0.2, -0.15) is 0 Å². The summed E-state index contributed by atoms with van der Waals surface area (Å²) >= 11 is 0. The lowest BCUT2D eigenvalue weighted by atomic mass is 9.99. The van der Waals surface area contributed by atoms with E-state index in [9.17, 15) is 4.79 Å². The molecule has 26 heavy (non-hydrogen) atoms. The van der Waals surface area contributed by atoms with Crippen molar-refractivity contribution < 1.29 is 9.53 Å². The number of rotatable bonds is 3. The molecule has 2 aliphatic rings. The number of aromatic nitrogens is 1. The van der Waals surface area contributed by atoms with E-state index in [-0.39, 0.29) is 5.91 Å². The molecule has 1 aromatic heterocycles. The molecular weight excluding hydrogens is 326 g/mol. The SMILES string of the molecule is O=C(c1cccnc1N1CCOCC1)N1CC=C(c2ccccc2)CC1. The van der Waals surface area contributed by atoms with E-state index in [1.54, 1.807) is 6.20 Å². The maximum atomic E-state index is 13.1. The normalized spacial score (nSPS) is 17.8. The van der Waals surface area contributed by atoms with Gasteiger partial charge in [-0.25, -0.2) is 4.98 Å². The number of morpholine rings is 1. The molecule has 5 heteroatoms. The molecule has 1 saturated heterocycles. The van der Waals surface area contributed by atoms with Crippen LogP contribution >= 0.6 is 0 Å². The van der Waals surface area contributed by atoms with Crippen LogP contribution in [0.5, 0.6) is 0 Å². The Bertz CT molecular complexity index is 798. The number of benzene rings is 1. The minimum absolute atomic E-state index is 0.0583. The van der Waals surface area contributed by atoms with Crippen molar-refractivity contribution in [3.8, 4) is 0 Å². The van der Waals surface area contributed by atoms with E-state index in [1.807, 2.05) is 23.1 Å². The van der Waals surface area contributed by atoms with Gasteiger partial charge in [-0.3, -0.25) is 4.79 Å². The summed E-state index contributed by atoms with van der Waals surface area (Å²) in [7, 11) is 0. The Morgan fingerprint density at radius 3 is 2.54 bits per heavy atom. The number of carbonyl (C=O) groups is 1. The minimum Gasteiger partial charge on any atom is -0.378 e. The topological polar surface area (TPSA) is 45.7 Å². The average molecular weight is 349 g/mol. The fraction of sp³-hybridized carbons (Fsp3) is 0.333. The van der Waals surface area contributed by atoms with Gasteiger partial charge in [0.2, 0.25) is 0 Å². The number of hydrogen-bond donors (Lipinski definition) is 0. The first-order chi connectivity index (χ1) is 12.8. The fourth-order valence-corrected chi connectivity index (χ4v) is 3.53. The van der Waals surface area contributed by atoms with Gasteiger partial charge in [0.05, 0.1) is 18.8 Å². The summed E-state index contributed by atoms with van der Waals surface area (Å²) in [6.07, 6.45) is 4.80. The fourth-order valence-electron chi connectivity index (χ4n) is 3.53. The molecule has 0 N–H and O–H groups in total. The molecular formula is C21H23N3O2. The van der Waals surface area contributed by atoms with E-state index in [0.717, 1.165) is 31.9 Å². The number of nitrogens with zero attached hydrogens (tertiary/aromatic N) is 3. The number of pyridine rings is 1. The van der Waals surface area contributed by atoms with Crippen molar-refractivity contribution in [3.63, 3.8) is 0 Å². The van der Waals surface area contributed by atoms with Gasteiger partial charge < -0.3 is 14.5 Å². The zero-order valence-corrected chi connectivity index (χ0v) is 14.8. The zero-order valence-electron chi connectivity index (χ0n) is 14.8. The van der Waals surface area contributed by atoms with Crippen LogP contribution in [0, 0.1) is 0 Å². The summed E-state index contributed by atoms with van der Waals surface area (Å²) in [5.41, 5.74) is 3.25. The number of amides is 1. The van der Waals surface area contributed by atoms with Crippen molar-refractivity contribution in [3.05, 3.63) is 65.9 Å². The van der Waals surface area contributed by atoms with Gasteiger partial charge >= 0.3 is 0 Å². The molecule has 2 aromatic rings. The maximum Gasteiger partial charge on any atom is 0.257 e. The lowest BCUT2D eigenvalue weighted by Crippen LogP contribution is -2.40. The Labute approximate surface area is 153 Å². The molecule has 0 saturated carbocycles. The van der Waals surface area contributed by atoms with E-state index < -0.39 is 0 Å². The first kappa shape index (κ1) is 16.8. The highest BCUT2D eigenvalue weighted by Crippen LogP contribution is 2.25. The van der Waals surface area contributed by atoms with Gasteiger partial charge in [0.1, 0.15) is 5.82 Å². The number of ether oxygens (including phenoxy) is 1. The van der Waals surface area contributed by atoms with Gasteiger partial charge in [-0.1, -0.05) is 36.4 Å². The monoisotopic (exact) mass is 349 g/mol. The second-order valence-electron chi connectivity index (χ2n) is 6.57. The highest BCUT2D eigenvalue weighted by molar-refractivity contribution is 5.99. The van der Waals surface area contributed by atoms with Crippen molar-refractivity contribution in [2.24, 2.45) is 0 Å². The van der Waals surface area contributed by atoms with Crippen LogP contribution in [0.2, 0.25) is 0 Å². The predicted octanol–water partition coefficient (Wildman–Crippen LogP) is 2.85. The van der Waals surface area contributed by atoms with E-state index in [0.29, 0.717) is 25.3 Å². The third kappa shape index (κ3) is 3.48. The Hall–Kier alpha value is -2.66. The van der Waals surface area contributed by atoms with Crippen LogP contribution in [0.25, 0.3) is 5.57 Å². The van der Waals surface area contributed by atoms with Crippen LogP contribution in [0.15, 0.2) is 54.7 Å². The second-order valence-corrected chi connectivity index (χ2v) is 6.57. The number of carbonyl (C=O) groups excluding carboxylic acids is 1. The van der Waals surface area contributed by atoms with Crippen molar-refractivity contribution in [1.82, 2.24) is 9.88 Å². The highest BCUT2D eigenvalue weighted by Gasteiger charge is 2.25. The van der Waals surface area contributed by atoms with E-state index in [2.05, 4.69) is 40.2 Å². The van der Waals surface area contributed by atoms with Gasteiger partial charge in [0.25, 0.3) is 5.91 Å². The van der Waals surface area contributed by atoms with Crippen molar-refractivity contribution in [2.45, 2.75) is 6.42 Å². The summed E-state index contributed by atoms with van der Waals surface area (Å²) in [5.74, 6) is 0.835. The summed E-state index contributed by atoms with van der Waals surface area (Å²) in [6.45, 7) is 4.27. The van der Waals surface area contributed by atoms with Crippen LogP contribution in [0.3, 0.4) is 0 Å². The van der Waals surface area contributed by atoms with Crippen molar-refractivity contribution in [1.29, 1.82) is 0 Å². The van der Waals surface area contributed by atoms with E-state index >= 15 is 0 Å². The maximum absolute atomic E-state index is 13.1. The Kier molecular flexibility index (Phi) is 4.97. The van der Waals surface area contributed by atoms with Crippen LogP contribution in [-0.2, 0) is 4.74 Å². The van der Waals surface area contributed by atoms with Crippen LogP contribution < -0.4 is 4.90 Å². The second kappa shape index (κ2) is 7.70. The van der Waals surface area contributed by atoms with Crippen molar-refractivity contribution >= 4 is 17.3 Å². The molecule has 0 unspecified atom stereocenters. The van der Waals surface area contributed by atoms with Crippen LogP contribution in [-0.4, -0.2) is 55.2 Å². The van der Waals surface area contributed by atoms with Crippen LogP contribution in [0.4, 0.5) is 5.82 Å². The van der Waals surface area contributed by atoms with Gasteiger partial charge in [-0.05, 0) is 29.7 Å². The molecule has 0 aliphatic carbocycles. The first-order valence-corrected chi connectivity index (χ1v) is 9.14. The smallest absolute Gasteiger partial charge is 0.257 e. The lowest BCUT2D eigenvalue weighted by molar-refractivity contribution is 0.0771. The summed E-state index contributed by atoms with van der Waals surface area (Å²) in [5, 5.41) is 0. The molecule has 1 fully saturated rings. The highest BCUT2D eigenvalue weighted by atomic mass is 16.5. The Morgan fingerprint density at radius 2 is 1.81 bits per heavy atom.